The minimum absolute atomic E-state index is 0.148. The fraction of sp³-hybridized carbons (Fsp3) is 0.162. The summed E-state index contributed by atoms with van der Waals surface area (Å²) in [6, 6.07) is 22.9. The Kier molecular flexibility index (Phi) is 2.95. The number of fused-ring (bicyclic) bond motifs is 12. The van der Waals surface area contributed by atoms with Gasteiger partial charge in [0, 0.05) is 11.8 Å². The molecule has 0 aliphatic heterocycles. The topological polar surface area (TPSA) is 17.1 Å². The SMILES string of the molecule is O=C1C2C3=CCC=C3C3c4ccccc4-c4cc5cc6c7c(c5c2c43)C1C1=CCC=C1C7c1ccccc1-6. The van der Waals surface area contributed by atoms with Crippen LogP contribution in [0.5, 0.6) is 0 Å². The van der Waals surface area contributed by atoms with Gasteiger partial charge in [-0.15, -0.1) is 0 Å². The van der Waals surface area contributed by atoms with Crippen LogP contribution in [0, 0.1) is 0 Å². The molecule has 0 aromatic heterocycles. The van der Waals surface area contributed by atoms with Gasteiger partial charge in [0.1, 0.15) is 0 Å². The lowest BCUT2D eigenvalue weighted by atomic mass is 9.57. The van der Waals surface area contributed by atoms with Gasteiger partial charge in [-0.05, 0) is 114 Å². The van der Waals surface area contributed by atoms with Gasteiger partial charge in [-0.2, -0.15) is 0 Å². The molecule has 0 heterocycles. The molecule has 11 rings (SSSR count). The third-order valence-corrected chi connectivity index (χ3v) is 10.7. The van der Waals surface area contributed by atoms with Crippen LogP contribution in [0.15, 0.2) is 107 Å². The van der Waals surface area contributed by atoms with E-state index in [1.165, 1.54) is 88.7 Å². The molecule has 0 radical (unpaired) electrons. The number of hydrogen-bond acceptors (Lipinski definition) is 1. The van der Waals surface area contributed by atoms with Gasteiger partial charge >= 0.3 is 0 Å². The highest BCUT2D eigenvalue weighted by Crippen LogP contribution is 2.68. The quantitative estimate of drug-likeness (QED) is 0.246. The van der Waals surface area contributed by atoms with Crippen molar-refractivity contribution in [3.63, 3.8) is 0 Å². The van der Waals surface area contributed by atoms with E-state index in [0.717, 1.165) is 12.8 Å². The van der Waals surface area contributed by atoms with Crippen molar-refractivity contribution in [2.75, 3.05) is 0 Å². The van der Waals surface area contributed by atoms with Gasteiger partial charge in [0.2, 0.25) is 0 Å². The van der Waals surface area contributed by atoms with Crippen molar-refractivity contribution in [2.24, 2.45) is 0 Å². The Hall–Kier alpha value is -4.23. The maximum atomic E-state index is 14.9. The normalized spacial score (nSPS) is 26.9. The van der Waals surface area contributed by atoms with Crippen molar-refractivity contribution < 1.29 is 4.79 Å². The van der Waals surface area contributed by atoms with Gasteiger partial charge in [0.05, 0.1) is 11.8 Å². The first-order chi connectivity index (χ1) is 18.8. The van der Waals surface area contributed by atoms with Gasteiger partial charge < -0.3 is 0 Å². The number of allylic oxidation sites excluding steroid dienone is 8. The van der Waals surface area contributed by atoms with E-state index < -0.39 is 0 Å². The Balaban J connectivity index is 1.39. The Morgan fingerprint density at radius 3 is 1.45 bits per heavy atom. The van der Waals surface area contributed by atoms with Crippen LogP contribution in [0.2, 0.25) is 0 Å². The molecule has 0 saturated carbocycles. The molecule has 38 heavy (non-hydrogen) atoms. The molecule has 0 N–H and O–H groups in total. The molecule has 4 aromatic rings. The van der Waals surface area contributed by atoms with E-state index in [1.54, 1.807) is 0 Å². The first-order valence-electron chi connectivity index (χ1n) is 14.0. The smallest absolute Gasteiger partial charge is 0.156 e. The maximum absolute atomic E-state index is 14.9. The molecule has 0 fully saturated rings. The van der Waals surface area contributed by atoms with Crippen LogP contribution < -0.4 is 0 Å². The van der Waals surface area contributed by atoms with Crippen LogP contribution in [0.4, 0.5) is 0 Å². The molecule has 7 aliphatic rings. The van der Waals surface area contributed by atoms with Crippen LogP contribution in [-0.4, -0.2) is 5.78 Å². The third kappa shape index (κ3) is 1.79. The van der Waals surface area contributed by atoms with E-state index in [4.69, 9.17) is 0 Å². The average Bonchev–Trinajstić information content (AvgIpc) is 3.73. The second-order valence-electron chi connectivity index (χ2n) is 12.0. The van der Waals surface area contributed by atoms with Gasteiger partial charge in [-0.25, -0.2) is 0 Å². The summed E-state index contributed by atoms with van der Waals surface area (Å²) in [5.74, 6) is 0.625. The molecule has 1 heteroatoms. The first kappa shape index (κ1) is 18.9. The lowest BCUT2D eigenvalue weighted by molar-refractivity contribution is -0.120. The second kappa shape index (κ2) is 5.92. The number of carbonyl (C=O) groups excluding carboxylic acids is 1. The molecule has 0 saturated heterocycles. The molecule has 176 valence electrons. The van der Waals surface area contributed by atoms with Crippen LogP contribution >= 0.6 is 0 Å². The Morgan fingerprint density at radius 1 is 0.500 bits per heavy atom. The molecule has 0 amide bonds. The minimum Gasteiger partial charge on any atom is -0.298 e. The summed E-state index contributed by atoms with van der Waals surface area (Å²) in [5.41, 5.74) is 19.1. The van der Waals surface area contributed by atoms with Crippen LogP contribution in [0.1, 0.15) is 69.9 Å². The lowest BCUT2D eigenvalue weighted by Crippen LogP contribution is -2.35. The second-order valence-corrected chi connectivity index (χ2v) is 12.0. The number of rotatable bonds is 0. The number of ketones is 1. The molecule has 4 aromatic carbocycles. The number of carbonyl (C=O) groups is 1. The predicted octanol–water partition coefficient (Wildman–Crippen LogP) is 8.35. The molecule has 4 atom stereocenters. The van der Waals surface area contributed by atoms with E-state index in [0.29, 0.717) is 5.78 Å². The van der Waals surface area contributed by atoms with Crippen molar-refractivity contribution in [1.29, 1.82) is 0 Å². The summed E-state index contributed by atoms with van der Waals surface area (Å²) >= 11 is 0. The van der Waals surface area contributed by atoms with Gasteiger partial charge in [-0.1, -0.05) is 72.8 Å². The third-order valence-electron chi connectivity index (χ3n) is 10.7. The van der Waals surface area contributed by atoms with Crippen molar-refractivity contribution in [3.05, 3.63) is 141 Å². The summed E-state index contributed by atoms with van der Waals surface area (Å²) in [4.78, 5) is 14.9. The zero-order chi connectivity index (χ0) is 24.4. The Morgan fingerprint density at radius 2 is 0.947 bits per heavy atom. The van der Waals surface area contributed by atoms with Crippen molar-refractivity contribution >= 4 is 16.6 Å². The molecule has 0 bridgehead atoms. The Bertz CT molecular complexity index is 1920. The zero-order valence-electron chi connectivity index (χ0n) is 20.7. The summed E-state index contributed by atoms with van der Waals surface area (Å²) in [6.45, 7) is 0. The van der Waals surface area contributed by atoms with Crippen LogP contribution in [-0.2, 0) is 4.79 Å². The summed E-state index contributed by atoms with van der Waals surface area (Å²) < 4.78 is 0. The Labute approximate surface area is 220 Å². The lowest BCUT2D eigenvalue weighted by Gasteiger charge is -2.43. The molecule has 7 aliphatic carbocycles. The maximum Gasteiger partial charge on any atom is 0.156 e. The molecule has 1 nitrogen and oxygen atoms in total. The number of Topliss-reactive ketones (excluding diaryl/α,β-unsaturated/α-hetero) is 1. The van der Waals surface area contributed by atoms with E-state index in [1.807, 2.05) is 0 Å². The highest BCUT2D eigenvalue weighted by molar-refractivity contribution is 6.16. The van der Waals surface area contributed by atoms with E-state index in [9.17, 15) is 4.79 Å². The van der Waals surface area contributed by atoms with Gasteiger partial charge in [0.25, 0.3) is 0 Å². The van der Waals surface area contributed by atoms with Crippen LogP contribution in [0.25, 0.3) is 33.0 Å². The molecular weight excluding hydrogens is 460 g/mol. The van der Waals surface area contributed by atoms with E-state index in [2.05, 4.69) is 85.0 Å². The standard InChI is InChI=1S/C37H22O/c38-37-33-24-13-5-11-22(24)29-20-9-3-1-7-18(20)26-15-17-16-27-19-8-2-4-10-21(19)30-23-12-6-14-25(23)34(37)36(32(27)30)28(17)35(33)31(26)29/h1-4,7-16,29-30,33-34H,5-6H2. The van der Waals surface area contributed by atoms with E-state index in [-0.39, 0.29) is 23.7 Å². The monoisotopic (exact) mass is 482 g/mol. The summed E-state index contributed by atoms with van der Waals surface area (Å²) in [6.07, 6.45) is 11.4. The van der Waals surface area contributed by atoms with Crippen molar-refractivity contribution in [1.82, 2.24) is 0 Å². The minimum atomic E-state index is -0.148. The van der Waals surface area contributed by atoms with Crippen LogP contribution in [0.3, 0.4) is 0 Å². The number of benzene rings is 4. The largest absolute Gasteiger partial charge is 0.298 e. The molecule has 0 spiro atoms. The summed E-state index contributed by atoms with van der Waals surface area (Å²) in [7, 11) is 0. The fourth-order valence-corrected chi connectivity index (χ4v) is 9.58. The average molecular weight is 483 g/mol. The first-order valence-corrected chi connectivity index (χ1v) is 14.0. The van der Waals surface area contributed by atoms with Crippen molar-refractivity contribution in [2.45, 2.75) is 36.5 Å². The molecule has 4 unspecified atom stereocenters. The zero-order valence-corrected chi connectivity index (χ0v) is 20.7. The van der Waals surface area contributed by atoms with Gasteiger partial charge in [0.15, 0.2) is 5.78 Å². The number of hydrogen-bond donors (Lipinski definition) is 0. The molecular formula is C37H22O. The highest BCUT2D eigenvalue weighted by atomic mass is 16.1. The predicted molar refractivity (Wildman–Crippen MR) is 151 cm³/mol. The van der Waals surface area contributed by atoms with Gasteiger partial charge in [-0.3, -0.25) is 4.79 Å². The fourth-order valence-electron chi connectivity index (χ4n) is 9.58. The highest BCUT2D eigenvalue weighted by Gasteiger charge is 2.54. The van der Waals surface area contributed by atoms with E-state index >= 15 is 0 Å². The summed E-state index contributed by atoms with van der Waals surface area (Å²) in [5, 5.41) is 2.71. The van der Waals surface area contributed by atoms with Crippen molar-refractivity contribution in [3.8, 4) is 22.3 Å².